The molecule has 0 unspecified atom stereocenters. The summed E-state index contributed by atoms with van der Waals surface area (Å²) in [5.74, 6) is 3.91. The number of carbonyl (C=O) groups excluding carboxylic acids is 1. The van der Waals surface area contributed by atoms with Gasteiger partial charge in [-0.25, -0.2) is 19.6 Å². The molecule has 0 saturated carbocycles. The van der Waals surface area contributed by atoms with E-state index < -0.39 is 11.6 Å². The summed E-state index contributed by atoms with van der Waals surface area (Å²) in [5, 5.41) is 2.62. The summed E-state index contributed by atoms with van der Waals surface area (Å²) >= 11 is 0. The highest BCUT2D eigenvalue weighted by Gasteiger charge is 2.07. The molecule has 0 fully saturated rings. The summed E-state index contributed by atoms with van der Waals surface area (Å²) in [4.78, 5) is 15.8. The number of nitrogens with zero attached hydrogens (tertiary/aromatic N) is 1. The number of halogens is 2. The van der Waals surface area contributed by atoms with Gasteiger partial charge in [-0.05, 0) is 36.2 Å². The number of carbonyl (C=O) groups is 1. The molecule has 0 spiro atoms. The van der Waals surface area contributed by atoms with Crippen LogP contribution in [0.5, 0.6) is 0 Å². The molecule has 0 aliphatic heterocycles. The minimum atomic E-state index is -0.639. The molecular formula is C14H14F2N4O. The van der Waals surface area contributed by atoms with Crippen LogP contribution in [0.3, 0.4) is 0 Å². The van der Waals surface area contributed by atoms with Crippen molar-refractivity contribution in [2.75, 3.05) is 12.0 Å². The highest BCUT2D eigenvalue weighted by molar-refractivity contribution is 5.92. The Hall–Kier alpha value is -2.54. The van der Waals surface area contributed by atoms with Crippen LogP contribution in [0, 0.1) is 11.6 Å². The number of nitrogens with one attached hydrogen (secondary N) is 2. The summed E-state index contributed by atoms with van der Waals surface area (Å²) in [5.41, 5.74) is 3.02. The van der Waals surface area contributed by atoms with Gasteiger partial charge >= 0.3 is 0 Å². The van der Waals surface area contributed by atoms with Crippen molar-refractivity contribution >= 4 is 11.7 Å². The first kappa shape index (κ1) is 14.9. The van der Waals surface area contributed by atoms with Crippen molar-refractivity contribution in [2.45, 2.75) is 6.42 Å². The van der Waals surface area contributed by atoms with E-state index in [9.17, 15) is 13.6 Å². The number of rotatable bonds is 5. The molecule has 110 valence electrons. The third kappa shape index (κ3) is 4.22. The fourth-order valence-electron chi connectivity index (χ4n) is 1.81. The van der Waals surface area contributed by atoms with E-state index in [-0.39, 0.29) is 18.1 Å². The number of hydrazine groups is 1. The maximum absolute atomic E-state index is 13.0. The average Bonchev–Trinajstić information content (AvgIpc) is 2.46. The molecule has 0 aliphatic carbocycles. The van der Waals surface area contributed by atoms with Crippen molar-refractivity contribution in [3.8, 4) is 0 Å². The van der Waals surface area contributed by atoms with Crippen LogP contribution in [0.15, 0.2) is 36.4 Å². The van der Waals surface area contributed by atoms with Crippen LogP contribution in [0.2, 0.25) is 0 Å². The summed E-state index contributed by atoms with van der Waals surface area (Å²) in [6.45, 7) is 0.240. The first-order valence-electron chi connectivity index (χ1n) is 6.25. The number of aromatic nitrogens is 1. The van der Waals surface area contributed by atoms with E-state index in [2.05, 4.69) is 15.7 Å². The van der Waals surface area contributed by atoms with Crippen molar-refractivity contribution in [2.24, 2.45) is 5.84 Å². The molecule has 2 aromatic rings. The Morgan fingerprint density at radius 2 is 1.90 bits per heavy atom. The van der Waals surface area contributed by atoms with E-state index in [0.29, 0.717) is 17.8 Å². The number of hydrogen-bond acceptors (Lipinski definition) is 4. The number of nitrogen functional groups attached to an aromatic ring is 1. The fourth-order valence-corrected chi connectivity index (χ4v) is 1.81. The summed E-state index contributed by atoms with van der Waals surface area (Å²) in [6.07, 6.45) is 0.315. The van der Waals surface area contributed by atoms with Crippen LogP contribution >= 0.6 is 0 Å². The normalized spacial score (nSPS) is 10.2. The molecule has 0 saturated heterocycles. The van der Waals surface area contributed by atoms with E-state index in [1.165, 1.54) is 18.2 Å². The second-order valence-corrected chi connectivity index (χ2v) is 4.34. The molecule has 1 aromatic heterocycles. The van der Waals surface area contributed by atoms with Crippen LogP contribution in [-0.4, -0.2) is 17.4 Å². The van der Waals surface area contributed by atoms with Crippen molar-refractivity contribution in [1.82, 2.24) is 10.3 Å². The topological polar surface area (TPSA) is 80.0 Å². The van der Waals surface area contributed by atoms with Gasteiger partial charge in [-0.15, -0.1) is 0 Å². The molecule has 0 bridgehead atoms. The molecule has 21 heavy (non-hydrogen) atoms. The number of amides is 1. The first-order chi connectivity index (χ1) is 10.1. The summed E-state index contributed by atoms with van der Waals surface area (Å²) in [6, 6.07) is 8.06. The lowest BCUT2D eigenvalue weighted by atomic mass is 10.1. The van der Waals surface area contributed by atoms with Crippen LogP contribution in [0.25, 0.3) is 0 Å². The van der Waals surface area contributed by atoms with E-state index in [1.807, 2.05) is 0 Å². The average molecular weight is 292 g/mol. The maximum atomic E-state index is 13.0. The van der Waals surface area contributed by atoms with Crippen molar-refractivity contribution in [1.29, 1.82) is 0 Å². The summed E-state index contributed by atoms with van der Waals surface area (Å²) < 4.78 is 26.0. The minimum Gasteiger partial charge on any atom is -0.350 e. The lowest BCUT2D eigenvalue weighted by Gasteiger charge is -2.06. The van der Waals surface area contributed by atoms with Crippen molar-refractivity contribution in [3.63, 3.8) is 0 Å². The molecule has 4 N–H and O–H groups in total. The van der Waals surface area contributed by atoms with E-state index in [0.717, 1.165) is 6.07 Å². The molecule has 7 heteroatoms. The minimum absolute atomic E-state index is 0.205. The Kier molecular flexibility index (Phi) is 4.78. The number of benzene rings is 1. The van der Waals surface area contributed by atoms with E-state index in [1.54, 1.807) is 12.1 Å². The van der Waals surface area contributed by atoms with Gasteiger partial charge in [0, 0.05) is 12.6 Å². The van der Waals surface area contributed by atoms with Gasteiger partial charge in [-0.2, -0.15) is 0 Å². The van der Waals surface area contributed by atoms with Crippen LogP contribution in [-0.2, 0) is 6.42 Å². The number of nitrogens with two attached hydrogens (primary N) is 1. The van der Waals surface area contributed by atoms with Crippen LogP contribution < -0.4 is 16.6 Å². The number of anilines is 1. The lowest BCUT2D eigenvalue weighted by Crippen LogP contribution is -2.27. The molecule has 0 aliphatic rings. The quantitative estimate of drug-likeness (QED) is 0.578. The predicted octanol–water partition coefficient (Wildman–Crippen LogP) is 1.62. The lowest BCUT2D eigenvalue weighted by molar-refractivity contribution is 0.0949. The van der Waals surface area contributed by atoms with Gasteiger partial charge in [0.15, 0.2) is 0 Å². The molecule has 2 rings (SSSR count). The Morgan fingerprint density at radius 1 is 1.19 bits per heavy atom. The van der Waals surface area contributed by atoms with Gasteiger partial charge in [-0.1, -0.05) is 6.07 Å². The molecule has 0 radical (unpaired) electrons. The molecule has 1 heterocycles. The van der Waals surface area contributed by atoms with E-state index >= 15 is 0 Å². The first-order valence-corrected chi connectivity index (χ1v) is 6.25. The molecule has 0 atom stereocenters. The molecule has 1 aromatic carbocycles. The van der Waals surface area contributed by atoms with Crippen molar-refractivity contribution < 1.29 is 13.6 Å². The Morgan fingerprint density at radius 3 is 2.57 bits per heavy atom. The largest absolute Gasteiger partial charge is 0.350 e. The standard InChI is InChI=1S/C14H14F2N4O/c15-10-6-9(7-11(16)8-10)4-5-18-14(21)12-2-1-3-13(19-12)20-17/h1-3,6-8H,4-5,17H2,(H,18,21)(H,19,20). The highest BCUT2D eigenvalue weighted by Crippen LogP contribution is 2.08. The van der Waals surface area contributed by atoms with Gasteiger partial charge in [0.2, 0.25) is 0 Å². The predicted molar refractivity (Wildman–Crippen MR) is 74.4 cm³/mol. The van der Waals surface area contributed by atoms with Gasteiger partial charge in [-0.3, -0.25) is 4.79 Å². The zero-order chi connectivity index (χ0) is 15.2. The van der Waals surface area contributed by atoms with Gasteiger partial charge in [0.1, 0.15) is 23.1 Å². The Labute approximate surface area is 120 Å². The van der Waals surface area contributed by atoms with E-state index in [4.69, 9.17) is 5.84 Å². The Bertz CT molecular complexity index is 628. The molecular weight excluding hydrogens is 278 g/mol. The zero-order valence-corrected chi connectivity index (χ0v) is 11.1. The molecule has 1 amide bonds. The van der Waals surface area contributed by atoms with Crippen LogP contribution in [0.1, 0.15) is 16.1 Å². The second kappa shape index (κ2) is 6.76. The SMILES string of the molecule is NNc1cccc(C(=O)NCCc2cc(F)cc(F)c2)n1. The monoisotopic (exact) mass is 292 g/mol. The zero-order valence-electron chi connectivity index (χ0n) is 11.1. The van der Waals surface area contributed by atoms with Crippen LogP contribution in [0.4, 0.5) is 14.6 Å². The van der Waals surface area contributed by atoms with Gasteiger partial charge < -0.3 is 10.7 Å². The highest BCUT2D eigenvalue weighted by atomic mass is 19.1. The van der Waals surface area contributed by atoms with Gasteiger partial charge in [0.25, 0.3) is 5.91 Å². The number of hydrogen-bond donors (Lipinski definition) is 3. The second-order valence-electron chi connectivity index (χ2n) is 4.34. The Balaban J connectivity index is 1.92. The third-order valence-electron chi connectivity index (χ3n) is 2.75. The smallest absolute Gasteiger partial charge is 0.269 e. The van der Waals surface area contributed by atoms with Gasteiger partial charge in [0.05, 0.1) is 0 Å². The fraction of sp³-hybridized carbons (Fsp3) is 0.143. The third-order valence-corrected chi connectivity index (χ3v) is 2.75. The maximum Gasteiger partial charge on any atom is 0.269 e. The summed E-state index contributed by atoms with van der Waals surface area (Å²) in [7, 11) is 0. The number of pyridine rings is 1. The molecule has 5 nitrogen and oxygen atoms in total. The van der Waals surface area contributed by atoms with Crippen molar-refractivity contribution in [3.05, 3.63) is 59.3 Å².